The molecular weight excluding hydrogens is 203 g/mol. The number of aliphatic carboxylic acids is 1. The summed E-state index contributed by atoms with van der Waals surface area (Å²) in [7, 11) is 0. The number of aliphatic hydroxyl groups is 1. The Hall–Kier alpha value is -0.0600. The molecule has 0 radical (unpaired) electrons. The number of hydrogen-bond acceptors (Lipinski definition) is 3. The fourth-order valence-corrected chi connectivity index (χ4v) is 1.06. The van der Waals surface area contributed by atoms with Crippen LogP contribution in [-0.4, -0.2) is 11.1 Å². The maximum absolute atomic E-state index is 10.2. The molecule has 1 atom stereocenters. The third-order valence-electron chi connectivity index (χ3n) is 1.42. The molecule has 0 amide bonds. The Balaban J connectivity index is 0.00000144. The van der Waals surface area contributed by atoms with Crippen molar-refractivity contribution in [2.45, 2.75) is 6.10 Å². The van der Waals surface area contributed by atoms with Gasteiger partial charge in [-0.3, -0.25) is 0 Å². The Bertz CT molecular complexity index is 303. The van der Waals surface area contributed by atoms with E-state index >= 15 is 0 Å². The second kappa shape index (κ2) is 5.62. The van der Waals surface area contributed by atoms with Gasteiger partial charge in [-0.1, -0.05) is 29.8 Å². The number of carbonyl (C=O) groups is 1. The van der Waals surface area contributed by atoms with E-state index in [1.165, 1.54) is 12.1 Å². The molecular formula is C8H6ClNaO3. The van der Waals surface area contributed by atoms with Gasteiger partial charge < -0.3 is 15.0 Å². The Morgan fingerprint density at radius 2 is 2.00 bits per heavy atom. The first-order valence-corrected chi connectivity index (χ1v) is 3.64. The van der Waals surface area contributed by atoms with Crippen LogP contribution in [0.5, 0.6) is 0 Å². The molecule has 1 aromatic rings. The van der Waals surface area contributed by atoms with E-state index in [1.807, 2.05) is 0 Å². The van der Waals surface area contributed by atoms with Gasteiger partial charge in [0.15, 0.2) is 0 Å². The number of rotatable bonds is 2. The van der Waals surface area contributed by atoms with Crippen molar-refractivity contribution in [3.63, 3.8) is 0 Å². The van der Waals surface area contributed by atoms with Gasteiger partial charge in [0.05, 0.1) is 5.97 Å². The van der Waals surface area contributed by atoms with E-state index in [-0.39, 0.29) is 40.1 Å². The zero-order valence-corrected chi connectivity index (χ0v) is 9.78. The van der Waals surface area contributed by atoms with Crippen molar-refractivity contribution < 1.29 is 44.6 Å². The predicted octanol–water partition coefficient (Wildman–Crippen LogP) is -2.87. The maximum Gasteiger partial charge on any atom is 1.00 e. The van der Waals surface area contributed by atoms with Crippen LogP contribution in [0.4, 0.5) is 0 Å². The monoisotopic (exact) mass is 208 g/mol. The summed E-state index contributed by atoms with van der Waals surface area (Å²) < 4.78 is 0. The van der Waals surface area contributed by atoms with Crippen LogP contribution >= 0.6 is 11.6 Å². The summed E-state index contributed by atoms with van der Waals surface area (Å²) >= 11 is 5.61. The van der Waals surface area contributed by atoms with Crippen LogP contribution in [0.3, 0.4) is 0 Å². The normalized spacial score (nSPS) is 11.5. The smallest absolute Gasteiger partial charge is 0.547 e. The topological polar surface area (TPSA) is 60.4 Å². The number of hydrogen-bond donors (Lipinski definition) is 1. The minimum Gasteiger partial charge on any atom is -0.547 e. The average molecular weight is 209 g/mol. The minimum absolute atomic E-state index is 0. The fourth-order valence-electron chi connectivity index (χ4n) is 0.824. The Kier molecular flexibility index (Phi) is 5.60. The van der Waals surface area contributed by atoms with Crippen LogP contribution in [0.15, 0.2) is 24.3 Å². The standard InChI is InChI=1S/C8H7ClO3.Na/c9-6-4-2-1-3-5(6)7(10)8(11)12;/h1-4,7,10H,(H,11,12);/q;+1/p-1/t7-;/m1./s1. The van der Waals surface area contributed by atoms with Gasteiger partial charge in [-0.15, -0.1) is 0 Å². The predicted molar refractivity (Wildman–Crippen MR) is 41.4 cm³/mol. The van der Waals surface area contributed by atoms with Gasteiger partial charge in [0, 0.05) is 10.6 Å². The maximum atomic E-state index is 10.2. The molecule has 0 unspecified atom stereocenters. The minimum atomic E-state index is -1.65. The molecule has 0 bridgehead atoms. The second-order valence-electron chi connectivity index (χ2n) is 2.24. The molecule has 0 saturated carbocycles. The molecule has 0 fully saturated rings. The summed E-state index contributed by atoms with van der Waals surface area (Å²) in [5.74, 6) is -1.55. The number of benzene rings is 1. The van der Waals surface area contributed by atoms with Crippen molar-refractivity contribution in [1.82, 2.24) is 0 Å². The van der Waals surface area contributed by atoms with Crippen molar-refractivity contribution in [3.8, 4) is 0 Å². The van der Waals surface area contributed by atoms with Gasteiger partial charge in [0.25, 0.3) is 0 Å². The molecule has 1 aromatic carbocycles. The van der Waals surface area contributed by atoms with E-state index < -0.39 is 12.1 Å². The summed E-state index contributed by atoms with van der Waals surface area (Å²) in [5.41, 5.74) is 0.152. The van der Waals surface area contributed by atoms with Gasteiger partial charge in [-0.05, 0) is 6.07 Å². The molecule has 0 aliphatic rings. The number of halogens is 1. The quantitative estimate of drug-likeness (QED) is 0.532. The average Bonchev–Trinajstić information content (AvgIpc) is 2.04. The first kappa shape index (κ1) is 12.9. The van der Waals surface area contributed by atoms with E-state index in [4.69, 9.17) is 16.7 Å². The first-order chi connectivity index (χ1) is 5.63. The van der Waals surface area contributed by atoms with Crippen molar-refractivity contribution in [3.05, 3.63) is 34.9 Å². The Morgan fingerprint density at radius 3 is 2.46 bits per heavy atom. The van der Waals surface area contributed by atoms with Crippen molar-refractivity contribution in [2.24, 2.45) is 0 Å². The summed E-state index contributed by atoms with van der Waals surface area (Å²) in [6.45, 7) is 0. The largest absolute Gasteiger partial charge is 1.00 e. The molecule has 64 valence electrons. The third kappa shape index (κ3) is 3.29. The van der Waals surface area contributed by atoms with Crippen LogP contribution in [0.2, 0.25) is 5.02 Å². The molecule has 0 aromatic heterocycles. The second-order valence-corrected chi connectivity index (χ2v) is 2.65. The summed E-state index contributed by atoms with van der Waals surface area (Å²) in [6.07, 6.45) is -1.65. The van der Waals surface area contributed by atoms with Gasteiger partial charge in [-0.2, -0.15) is 0 Å². The zero-order chi connectivity index (χ0) is 9.14. The molecule has 5 heteroatoms. The molecule has 3 nitrogen and oxygen atoms in total. The molecule has 1 N–H and O–H groups in total. The molecule has 0 saturated heterocycles. The van der Waals surface area contributed by atoms with Crippen LogP contribution in [0.25, 0.3) is 0 Å². The van der Waals surface area contributed by atoms with E-state index in [0.717, 1.165) is 0 Å². The molecule has 0 aliphatic heterocycles. The Morgan fingerprint density at radius 1 is 1.46 bits per heavy atom. The van der Waals surface area contributed by atoms with E-state index in [0.29, 0.717) is 0 Å². The molecule has 13 heavy (non-hydrogen) atoms. The van der Waals surface area contributed by atoms with Crippen LogP contribution in [0, 0.1) is 0 Å². The zero-order valence-electron chi connectivity index (χ0n) is 7.03. The van der Waals surface area contributed by atoms with Crippen LogP contribution < -0.4 is 34.7 Å². The summed E-state index contributed by atoms with van der Waals surface area (Å²) in [6, 6.07) is 6.17. The molecule has 0 aliphatic carbocycles. The number of carbonyl (C=O) groups excluding carboxylic acids is 1. The third-order valence-corrected chi connectivity index (χ3v) is 1.77. The van der Waals surface area contributed by atoms with E-state index in [2.05, 4.69) is 0 Å². The molecule has 0 heterocycles. The van der Waals surface area contributed by atoms with Gasteiger partial charge in [0.1, 0.15) is 6.10 Å². The summed E-state index contributed by atoms with van der Waals surface area (Å²) in [4.78, 5) is 10.2. The van der Waals surface area contributed by atoms with Crippen LogP contribution in [0.1, 0.15) is 11.7 Å². The van der Waals surface area contributed by atoms with E-state index in [1.54, 1.807) is 12.1 Å². The van der Waals surface area contributed by atoms with Crippen molar-refractivity contribution in [2.75, 3.05) is 0 Å². The molecule has 0 spiro atoms. The number of carboxylic acids is 1. The SMILES string of the molecule is O=C([O-])[C@H](O)c1ccccc1Cl.[Na+]. The van der Waals surface area contributed by atoms with Gasteiger partial charge in [0.2, 0.25) is 0 Å². The first-order valence-electron chi connectivity index (χ1n) is 3.26. The number of carboxylic acid groups (broad SMARTS) is 1. The molecule has 1 rings (SSSR count). The Labute approximate surface area is 103 Å². The van der Waals surface area contributed by atoms with Gasteiger partial charge >= 0.3 is 29.6 Å². The van der Waals surface area contributed by atoms with E-state index in [9.17, 15) is 9.90 Å². The number of aliphatic hydroxyl groups excluding tert-OH is 1. The van der Waals surface area contributed by atoms with Crippen LogP contribution in [-0.2, 0) is 4.79 Å². The summed E-state index contributed by atoms with van der Waals surface area (Å²) in [5, 5.41) is 19.5. The van der Waals surface area contributed by atoms with Crippen molar-refractivity contribution in [1.29, 1.82) is 0 Å². The van der Waals surface area contributed by atoms with Crippen molar-refractivity contribution >= 4 is 17.6 Å². The van der Waals surface area contributed by atoms with Gasteiger partial charge in [-0.25, -0.2) is 0 Å². The fraction of sp³-hybridized carbons (Fsp3) is 0.125.